The van der Waals surface area contributed by atoms with E-state index >= 15 is 0 Å². The van der Waals surface area contributed by atoms with Gasteiger partial charge >= 0.3 is 0 Å². The van der Waals surface area contributed by atoms with Gasteiger partial charge in [-0.1, -0.05) is 12.1 Å². The SMILES string of the molecule is Cc1ccc(CNC(=O)COc2ccc([N+](=O)[O-])cc2F)cc1F. The van der Waals surface area contributed by atoms with Crippen molar-refractivity contribution in [3.05, 3.63) is 69.3 Å². The van der Waals surface area contributed by atoms with Gasteiger partial charge in [0.2, 0.25) is 0 Å². The van der Waals surface area contributed by atoms with Crippen LogP contribution in [0.25, 0.3) is 0 Å². The van der Waals surface area contributed by atoms with Crippen LogP contribution in [-0.4, -0.2) is 17.4 Å². The zero-order valence-electron chi connectivity index (χ0n) is 12.7. The lowest BCUT2D eigenvalue weighted by atomic mass is 10.1. The van der Waals surface area contributed by atoms with Gasteiger partial charge in [0.25, 0.3) is 11.6 Å². The fraction of sp³-hybridized carbons (Fsp3) is 0.188. The first-order valence-electron chi connectivity index (χ1n) is 6.95. The first-order chi connectivity index (χ1) is 11.4. The quantitative estimate of drug-likeness (QED) is 0.650. The molecule has 126 valence electrons. The molecular formula is C16H14F2N2O4. The van der Waals surface area contributed by atoms with Crippen LogP contribution in [0.15, 0.2) is 36.4 Å². The van der Waals surface area contributed by atoms with E-state index in [4.69, 9.17) is 4.74 Å². The zero-order valence-corrected chi connectivity index (χ0v) is 12.7. The second-order valence-corrected chi connectivity index (χ2v) is 5.02. The van der Waals surface area contributed by atoms with E-state index < -0.39 is 28.9 Å². The molecule has 0 aliphatic heterocycles. The highest BCUT2D eigenvalue weighted by Gasteiger charge is 2.12. The van der Waals surface area contributed by atoms with Gasteiger partial charge in [-0.05, 0) is 30.2 Å². The lowest BCUT2D eigenvalue weighted by Crippen LogP contribution is -2.28. The van der Waals surface area contributed by atoms with Crippen molar-refractivity contribution in [1.29, 1.82) is 0 Å². The third kappa shape index (κ3) is 4.48. The molecule has 8 heteroatoms. The van der Waals surface area contributed by atoms with E-state index in [1.54, 1.807) is 19.1 Å². The van der Waals surface area contributed by atoms with Crippen molar-refractivity contribution in [2.45, 2.75) is 13.5 Å². The number of hydrogen-bond donors (Lipinski definition) is 1. The van der Waals surface area contributed by atoms with Crippen LogP contribution in [0.5, 0.6) is 5.75 Å². The van der Waals surface area contributed by atoms with Gasteiger partial charge in [0.15, 0.2) is 18.2 Å². The molecule has 1 amide bonds. The molecule has 24 heavy (non-hydrogen) atoms. The molecule has 0 bridgehead atoms. The van der Waals surface area contributed by atoms with Gasteiger partial charge in [-0.15, -0.1) is 0 Å². The minimum absolute atomic E-state index is 0.0993. The fourth-order valence-corrected chi connectivity index (χ4v) is 1.86. The van der Waals surface area contributed by atoms with Gasteiger partial charge in [-0.2, -0.15) is 0 Å². The highest BCUT2D eigenvalue weighted by molar-refractivity contribution is 5.77. The number of nitro groups is 1. The molecule has 2 aromatic carbocycles. The van der Waals surface area contributed by atoms with Crippen molar-refractivity contribution in [2.24, 2.45) is 0 Å². The molecular weight excluding hydrogens is 322 g/mol. The first-order valence-corrected chi connectivity index (χ1v) is 6.95. The van der Waals surface area contributed by atoms with Crippen LogP contribution in [-0.2, 0) is 11.3 Å². The van der Waals surface area contributed by atoms with Gasteiger partial charge < -0.3 is 10.1 Å². The summed E-state index contributed by atoms with van der Waals surface area (Å²) < 4.78 is 32.0. The summed E-state index contributed by atoms with van der Waals surface area (Å²) in [7, 11) is 0. The molecule has 2 rings (SSSR count). The number of benzene rings is 2. The molecule has 0 radical (unpaired) electrons. The Labute approximate surface area is 136 Å². The Kier molecular flexibility index (Phi) is 5.41. The molecule has 0 aliphatic carbocycles. The van der Waals surface area contributed by atoms with Gasteiger partial charge in [0.05, 0.1) is 11.0 Å². The monoisotopic (exact) mass is 336 g/mol. The van der Waals surface area contributed by atoms with Crippen molar-refractivity contribution < 1.29 is 23.2 Å². The number of ether oxygens (including phenoxy) is 1. The topological polar surface area (TPSA) is 81.5 Å². The number of nitrogens with zero attached hydrogens (tertiary/aromatic N) is 1. The Hall–Kier alpha value is -3.03. The van der Waals surface area contributed by atoms with Crippen LogP contribution in [0.2, 0.25) is 0 Å². The Balaban J connectivity index is 1.87. The predicted octanol–water partition coefficient (Wildman–Crippen LogP) is 2.88. The minimum Gasteiger partial charge on any atom is -0.481 e. The molecule has 2 aromatic rings. The molecule has 0 aliphatic rings. The zero-order chi connectivity index (χ0) is 17.7. The average Bonchev–Trinajstić information content (AvgIpc) is 2.54. The largest absolute Gasteiger partial charge is 0.481 e. The van der Waals surface area contributed by atoms with Gasteiger partial charge in [-0.3, -0.25) is 14.9 Å². The minimum atomic E-state index is -0.933. The summed E-state index contributed by atoms with van der Waals surface area (Å²) in [5, 5.41) is 13.0. The van der Waals surface area contributed by atoms with Crippen LogP contribution in [0, 0.1) is 28.7 Å². The summed E-state index contributed by atoms with van der Waals surface area (Å²) in [6, 6.07) is 7.45. The number of nitrogens with one attached hydrogen (secondary N) is 1. The third-order valence-electron chi connectivity index (χ3n) is 3.21. The van der Waals surface area contributed by atoms with Gasteiger partial charge in [0, 0.05) is 12.6 Å². The van der Waals surface area contributed by atoms with E-state index in [1.807, 2.05) is 0 Å². The van der Waals surface area contributed by atoms with Crippen LogP contribution in [0.1, 0.15) is 11.1 Å². The van der Waals surface area contributed by atoms with Crippen LogP contribution in [0.3, 0.4) is 0 Å². The average molecular weight is 336 g/mol. The van der Waals surface area contributed by atoms with Crippen molar-refractivity contribution in [3.63, 3.8) is 0 Å². The number of rotatable bonds is 6. The highest BCUT2D eigenvalue weighted by atomic mass is 19.1. The summed E-state index contributed by atoms with van der Waals surface area (Å²) in [6.07, 6.45) is 0. The normalized spacial score (nSPS) is 10.3. The summed E-state index contributed by atoms with van der Waals surface area (Å²) in [6.45, 7) is 1.26. The second-order valence-electron chi connectivity index (χ2n) is 5.02. The maximum absolute atomic E-state index is 13.6. The Bertz CT molecular complexity index is 781. The molecule has 0 heterocycles. The number of aryl methyl sites for hydroxylation is 1. The van der Waals surface area contributed by atoms with Crippen molar-refractivity contribution >= 4 is 11.6 Å². The van der Waals surface area contributed by atoms with Crippen LogP contribution >= 0.6 is 0 Å². The summed E-state index contributed by atoms with van der Waals surface area (Å²) in [4.78, 5) is 21.4. The highest BCUT2D eigenvalue weighted by Crippen LogP contribution is 2.22. The number of amides is 1. The lowest BCUT2D eigenvalue weighted by molar-refractivity contribution is -0.385. The van der Waals surface area contributed by atoms with E-state index in [0.717, 1.165) is 12.1 Å². The standard InChI is InChI=1S/C16H14F2N2O4/c1-10-2-3-11(6-13(10)17)8-19-16(21)9-24-15-5-4-12(20(22)23)7-14(15)18/h2-7H,8-9H2,1H3,(H,19,21). The molecule has 0 spiro atoms. The van der Waals surface area contributed by atoms with E-state index in [2.05, 4.69) is 5.32 Å². The Morgan fingerprint density at radius 2 is 1.96 bits per heavy atom. The number of non-ortho nitro benzene ring substituents is 1. The Morgan fingerprint density at radius 3 is 2.58 bits per heavy atom. The summed E-state index contributed by atoms with van der Waals surface area (Å²) >= 11 is 0. The van der Waals surface area contributed by atoms with E-state index in [0.29, 0.717) is 17.2 Å². The molecule has 0 saturated carbocycles. The maximum atomic E-state index is 13.6. The summed E-state index contributed by atoms with van der Waals surface area (Å²) in [5.74, 6) is -2.10. The predicted molar refractivity (Wildman–Crippen MR) is 81.5 cm³/mol. The molecule has 0 atom stereocenters. The van der Waals surface area contributed by atoms with Gasteiger partial charge in [0.1, 0.15) is 5.82 Å². The van der Waals surface area contributed by atoms with E-state index in [1.165, 1.54) is 6.07 Å². The molecule has 0 fully saturated rings. The smallest absolute Gasteiger partial charge is 0.272 e. The summed E-state index contributed by atoms with van der Waals surface area (Å²) in [5.41, 5.74) is 0.667. The molecule has 6 nitrogen and oxygen atoms in total. The van der Waals surface area contributed by atoms with Crippen LogP contribution in [0.4, 0.5) is 14.5 Å². The number of carbonyl (C=O) groups excluding carboxylic acids is 1. The molecule has 0 aromatic heterocycles. The van der Waals surface area contributed by atoms with E-state index in [-0.39, 0.29) is 18.1 Å². The van der Waals surface area contributed by atoms with Crippen molar-refractivity contribution in [3.8, 4) is 5.75 Å². The number of hydrogen-bond acceptors (Lipinski definition) is 4. The third-order valence-corrected chi connectivity index (χ3v) is 3.21. The number of carbonyl (C=O) groups is 1. The maximum Gasteiger partial charge on any atom is 0.272 e. The van der Waals surface area contributed by atoms with Crippen molar-refractivity contribution in [1.82, 2.24) is 5.32 Å². The second kappa shape index (κ2) is 7.49. The lowest BCUT2D eigenvalue weighted by Gasteiger charge is -2.09. The first kappa shape index (κ1) is 17.3. The number of nitro benzene ring substituents is 1. The molecule has 1 N–H and O–H groups in total. The van der Waals surface area contributed by atoms with Crippen LogP contribution < -0.4 is 10.1 Å². The van der Waals surface area contributed by atoms with E-state index in [9.17, 15) is 23.7 Å². The molecule has 0 saturated heterocycles. The fourth-order valence-electron chi connectivity index (χ4n) is 1.86. The molecule has 0 unspecified atom stereocenters. The van der Waals surface area contributed by atoms with Crippen molar-refractivity contribution in [2.75, 3.05) is 6.61 Å². The number of halogens is 2. The Morgan fingerprint density at radius 1 is 1.21 bits per heavy atom. The van der Waals surface area contributed by atoms with Gasteiger partial charge in [-0.25, -0.2) is 8.78 Å².